The summed E-state index contributed by atoms with van der Waals surface area (Å²) < 4.78 is 5.04. The normalized spacial score (nSPS) is 15.5. The fourth-order valence-electron chi connectivity index (χ4n) is 2.07. The zero-order valence-electron chi connectivity index (χ0n) is 9.96. The summed E-state index contributed by atoms with van der Waals surface area (Å²) in [6, 6.07) is 6.77. The van der Waals surface area contributed by atoms with E-state index in [1.54, 1.807) is 24.3 Å². The molecule has 1 aliphatic heterocycles. The minimum atomic E-state index is -0.514. The Morgan fingerprint density at radius 1 is 1.11 bits per heavy atom. The molecule has 3 rings (SSSR count). The van der Waals surface area contributed by atoms with Gasteiger partial charge in [-0.2, -0.15) is 0 Å². The van der Waals surface area contributed by atoms with Gasteiger partial charge < -0.3 is 4.42 Å². The molecule has 2 amide bonds. The molecule has 0 N–H and O–H groups in total. The quantitative estimate of drug-likeness (QED) is 0.745. The number of hydrogen-bond acceptors (Lipinski definition) is 5. The Balaban J connectivity index is 2.00. The first kappa shape index (κ1) is 11.6. The molecule has 1 saturated heterocycles. The van der Waals surface area contributed by atoms with Gasteiger partial charge in [-0.05, 0) is 12.1 Å². The maximum atomic E-state index is 11.7. The van der Waals surface area contributed by atoms with Crippen molar-refractivity contribution in [1.29, 1.82) is 0 Å². The number of benzene rings is 1. The van der Waals surface area contributed by atoms with Gasteiger partial charge >= 0.3 is 5.63 Å². The van der Waals surface area contributed by atoms with Crippen molar-refractivity contribution in [2.45, 2.75) is 19.4 Å². The maximum absolute atomic E-state index is 11.7. The number of para-hydroxylation sites is 1. The van der Waals surface area contributed by atoms with Gasteiger partial charge in [0, 0.05) is 12.8 Å². The van der Waals surface area contributed by atoms with Crippen LogP contribution in [0.15, 0.2) is 33.5 Å². The third kappa shape index (κ3) is 2.01. The third-order valence-corrected chi connectivity index (χ3v) is 3.03. The summed E-state index contributed by atoms with van der Waals surface area (Å²) in [6.07, 6.45) is 0.410. The summed E-state index contributed by atoms with van der Waals surface area (Å²) in [5.74, 6) is -0.447. The average molecular weight is 258 g/mol. The van der Waals surface area contributed by atoms with Crippen molar-refractivity contribution >= 4 is 22.7 Å². The molecule has 1 aromatic carbocycles. The van der Waals surface area contributed by atoms with Crippen LogP contribution >= 0.6 is 0 Å². The van der Waals surface area contributed by atoms with Crippen molar-refractivity contribution < 1.29 is 14.0 Å². The molecular weight excluding hydrogens is 248 g/mol. The minimum absolute atomic E-state index is 0.0762. The van der Waals surface area contributed by atoms with Crippen LogP contribution in [-0.2, 0) is 16.1 Å². The molecular formula is C13H10N2O4. The van der Waals surface area contributed by atoms with Crippen LogP contribution in [0.1, 0.15) is 18.7 Å². The molecule has 0 atom stereocenters. The van der Waals surface area contributed by atoms with E-state index in [0.29, 0.717) is 10.9 Å². The van der Waals surface area contributed by atoms with Crippen molar-refractivity contribution in [1.82, 2.24) is 9.88 Å². The van der Waals surface area contributed by atoms with Gasteiger partial charge in [-0.3, -0.25) is 14.5 Å². The smallest absolute Gasteiger partial charge is 0.346 e. The highest BCUT2D eigenvalue weighted by atomic mass is 16.4. The van der Waals surface area contributed by atoms with Gasteiger partial charge in [-0.25, -0.2) is 9.78 Å². The molecule has 0 aliphatic carbocycles. The monoisotopic (exact) mass is 258 g/mol. The molecule has 2 aromatic rings. The van der Waals surface area contributed by atoms with Crippen LogP contribution in [0.5, 0.6) is 0 Å². The van der Waals surface area contributed by atoms with Gasteiger partial charge in [0.1, 0.15) is 6.54 Å². The third-order valence-electron chi connectivity index (χ3n) is 3.03. The second-order valence-corrected chi connectivity index (χ2v) is 4.29. The Bertz CT molecular complexity index is 719. The standard InChI is InChI=1S/C13H10N2O4/c16-11-5-6-12(17)15(11)7-10-14-9-4-2-1-3-8(9)13(18)19-10/h1-4H,5-7H2. The molecule has 0 radical (unpaired) electrons. The van der Waals surface area contributed by atoms with Crippen LogP contribution in [-0.4, -0.2) is 21.7 Å². The van der Waals surface area contributed by atoms with Gasteiger partial charge in [-0.1, -0.05) is 12.1 Å². The van der Waals surface area contributed by atoms with Crippen molar-refractivity contribution in [2.24, 2.45) is 0 Å². The molecule has 1 fully saturated rings. The van der Waals surface area contributed by atoms with Gasteiger partial charge in [0.15, 0.2) is 0 Å². The first-order chi connectivity index (χ1) is 9.15. The van der Waals surface area contributed by atoms with Crippen LogP contribution in [0.2, 0.25) is 0 Å². The molecule has 19 heavy (non-hydrogen) atoms. The van der Waals surface area contributed by atoms with Gasteiger partial charge in [0.2, 0.25) is 17.7 Å². The van der Waals surface area contributed by atoms with Crippen LogP contribution in [0, 0.1) is 0 Å². The second-order valence-electron chi connectivity index (χ2n) is 4.29. The number of likely N-dealkylation sites (tertiary alicyclic amines) is 1. The van der Waals surface area contributed by atoms with Crippen molar-refractivity contribution in [3.05, 3.63) is 40.6 Å². The van der Waals surface area contributed by atoms with Gasteiger partial charge in [0.25, 0.3) is 0 Å². The van der Waals surface area contributed by atoms with E-state index in [9.17, 15) is 14.4 Å². The van der Waals surface area contributed by atoms with E-state index in [0.717, 1.165) is 4.90 Å². The lowest BCUT2D eigenvalue weighted by Crippen LogP contribution is -2.29. The number of carbonyl (C=O) groups is 2. The Morgan fingerprint density at radius 2 is 1.79 bits per heavy atom. The molecule has 96 valence electrons. The number of carbonyl (C=O) groups excluding carboxylic acids is 2. The van der Waals surface area contributed by atoms with Crippen LogP contribution in [0.4, 0.5) is 0 Å². The number of amides is 2. The zero-order chi connectivity index (χ0) is 13.4. The highest BCUT2D eigenvalue weighted by molar-refractivity contribution is 6.01. The second kappa shape index (κ2) is 4.31. The topological polar surface area (TPSA) is 80.5 Å². The zero-order valence-corrected chi connectivity index (χ0v) is 9.96. The van der Waals surface area contributed by atoms with E-state index >= 15 is 0 Å². The highest BCUT2D eigenvalue weighted by Gasteiger charge is 2.30. The molecule has 0 saturated carbocycles. The highest BCUT2D eigenvalue weighted by Crippen LogP contribution is 2.15. The Labute approximate surface area is 107 Å². The minimum Gasteiger partial charge on any atom is -0.406 e. The SMILES string of the molecule is O=C1CCC(=O)N1Cc1nc2ccccc2c(=O)o1. The molecule has 6 heteroatoms. The maximum Gasteiger partial charge on any atom is 0.346 e. The predicted molar refractivity (Wildman–Crippen MR) is 65.1 cm³/mol. The number of aromatic nitrogens is 1. The van der Waals surface area contributed by atoms with Gasteiger partial charge in [0.05, 0.1) is 10.9 Å². The predicted octanol–water partition coefficient (Wildman–Crippen LogP) is 0.837. The fourth-order valence-corrected chi connectivity index (χ4v) is 2.07. The summed E-state index contributed by atoms with van der Waals surface area (Å²) in [6.45, 7) is -0.0856. The molecule has 0 spiro atoms. The Kier molecular flexibility index (Phi) is 2.63. The molecule has 1 aliphatic rings. The summed E-state index contributed by atoms with van der Waals surface area (Å²) in [7, 11) is 0. The van der Waals surface area contributed by atoms with Crippen molar-refractivity contribution in [2.75, 3.05) is 0 Å². The molecule has 0 unspecified atom stereocenters. The fraction of sp³-hybridized carbons (Fsp3) is 0.231. The summed E-state index contributed by atoms with van der Waals surface area (Å²) in [5.41, 5.74) is -0.0208. The summed E-state index contributed by atoms with van der Waals surface area (Å²) >= 11 is 0. The lowest BCUT2D eigenvalue weighted by atomic mass is 10.2. The average Bonchev–Trinajstić information content (AvgIpc) is 2.71. The Hall–Kier alpha value is -2.50. The van der Waals surface area contributed by atoms with Gasteiger partial charge in [-0.15, -0.1) is 0 Å². The number of imide groups is 1. The Morgan fingerprint density at radius 3 is 2.53 bits per heavy atom. The summed E-state index contributed by atoms with van der Waals surface area (Å²) in [5, 5.41) is 0.380. The van der Waals surface area contributed by atoms with Crippen molar-refractivity contribution in [3.63, 3.8) is 0 Å². The largest absolute Gasteiger partial charge is 0.406 e. The number of fused-ring (bicyclic) bond motifs is 1. The van der Waals surface area contributed by atoms with Crippen LogP contribution in [0.3, 0.4) is 0 Å². The van der Waals surface area contributed by atoms with E-state index in [2.05, 4.69) is 4.98 Å². The number of nitrogens with zero attached hydrogens (tertiary/aromatic N) is 2. The lowest BCUT2D eigenvalue weighted by Gasteiger charge is -2.11. The van der Waals surface area contributed by atoms with E-state index in [4.69, 9.17) is 4.42 Å². The first-order valence-corrected chi connectivity index (χ1v) is 5.87. The van der Waals surface area contributed by atoms with Crippen molar-refractivity contribution in [3.8, 4) is 0 Å². The number of hydrogen-bond donors (Lipinski definition) is 0. The first-order valence-electron chi connectivity index (χ1n) is 5.87. The molecule has 6 nitrogen and oxygen atoms in total. The molecule has 2 heterocycles. The lowest BCUT2D eigenvalue weighted by molar-refractivity contribution is -0.139. The van der Waals surface area contributed by atoms with E-state index in [1.807, 2.05) is 0 Å². The number of rotatable bonds is 2. The molecule has 0 bridgehead atoms. The summed E-state index contributed by atoms with van der Waals surface area (Å²) in [4.78, 5) is 40.0. The van der Waals surface area contributed by atoms with E-state index in [1.165, 1.54) is 0 Å². The van der Waals surface area contributed by atoms with E-state index < -0.39 is 5.63 Å². The van der Waals surface area contributed by atoms with Crippen LogP contribution in [0.25, 0.3) is 10.9 Å². The molecule has 1 aromatic heterocycles. The van der Waals surface area contributed by atoms with E-state index in [-0.39, 0.29) is 37.1 Å². The van der Waals surface area contributed by atoms with Crippen LogP contribution < -0.4 is 5.63 Å².